The summed E-state index contributed by atoms with van der Waals surface area (Å²) in [7, 11) is 3.45. The van der Waals surface area contributed by atoms with E-state index in [4.69, 9.17) is 5.73 Å². The average molecular weight is 293 g/mol. The van der Waals surface area contributed by atoms with Crippen molar-refractivity contribution in [2.45, 2.75) is 32.7 Å². The Morgan fingerprint density at radius 3 is 2.48 bits per heavy atom. The van der Waals surface area contributed by atoms with Crippen molar-refractivity contribution in [3.63, 3.8) is 0 Å². The monoisotopic (exact) mass is 293 g/mol. The van der Waals surface area contributed by atoms with Crippen molar-refractivity contribution in [3.05, 3.63) is 11.4 Å². The molecule has 0 aliphatic carbocycles. The smallest absolute Gasteiger partial charge is 0.275 e. The van der Waals surface area contributed by atoms with E-state index in [9.17, 15) is 9.59 Å². The van der Waals surface area contributed by atoms with Crippen LogP contribution in [0.5, 0.6) is 0 Å². The Labute approximate surface area is 124 Å². The molecule has 21 heavy (non-hydrogen) atoms. The van der Waals surface area contributed by atoms with Crippen LogP contribution in [0.2, 0.25) is 0 Å². The number of carbonyl (C=O) groups excluding carboxylic acids is 2. The largest absolute Gasteiger partial charge is 0.395 e. The van der Waals surface area contributed by atoms with Crippen LogP contribution in [0.15, 0.2) is 0 Å². The van der Waals surface area contributed by atoms with Gasteiger partial charge in [0.1, 0.15) is 11.2 Å². The summed E-state index contributed by atoms with van der Waals surface area (Å²) in [5, 5.41) is 4.28. The number of nitrogen functional groups attached to an aromatic ring is 1. The number of aromatic nitrogens is 2. The molecule has 0 aromatic carbocycles. The molecule has 0 radical (unpaired) electrons. The molecule has 116 valence electrons. The normalized spacial score (nSPS) is 18.2. The first-order valence-corrected chi connectivity index (χ1v) is 7.10. The third-order valence-electron chi connectivity index (χ3n) is 4.15. The van der Waals surface area contributed by atoms with E-state index < -0.39 is 5.54 Å². The highest BCUT2D eigenvalue weighted by Gasteiger charge is 2.44. The lowest BCUT2D eigenvalue weighted by Crippen LogP contribution is -2.63. The maximum atomic E-state index is 12.9. The molecule has 0 atom stereocenters. The van der Waals surface area contributed by atoms with Crippen LogP contribution in [-0.4, -0.2) is 57.1 Å². The van der Waals surface area contributed by atoms with E-state index in [0.29, 0.717) is 36.6 Å². The number of hydrogen-bond donors (Lipinski definition) is 1. The summed E-state index contributed by atoms with van der Waals surface area (Å²) >= 11 is 0. The second-order valence-corrected chi connectivity index (χ2v) is 5.93. The highest BCUT2D eigenvalue weighted by atomic mass is 16.2. The number of rotatable bonds is 2. The fourth-order valence-electron chi connectivity index (χ4n) is 2.81. The lowest BCUT2D eigenvalue weighted by Gasteiger charge is -2.44. The summed E-state index contributed by atoms with van der Waals surface area (Å²) in [5.74, 6) is -0.313. The van der Waals surface area contributed by atoms with E-state index in [1.165, 1.54) is 4.68 Å². The van der Waals surface area contributed by atoms with Crippen molar-refractivity contribution in [1.29, 1.82) is 0 Å². The molecule has 0 saturated carbocycles. The van der Waals surface area contributed by atoms with E-state index in [0.717, 1.165) is 0 Å². The van der Waals surface area contributed by atoms with Crippen molar-refractivity contribution in [2.24, 2.45) is 7.05 Å². The van der Waals surface area contributed by atoms with Gasteiger partial charge in [0.05, 0.1) is 11.4 Å². The van der Waals surface area contributed by atoms with Crippen LogP contribution < -0.4 is 5.73 Å². The molecule has 0 spiro atoms. The van der Waals surface area contributed by atoms with Gasteiger partial charge in [-0.2, -0.15) is 5.10 Å². The van der Waals surface area contributed by atoms with Gasteiger partial charge in [-0.05, 0) is 20.3 Å². The molecule has 1 aromatic heterocycles. The maximum absolute atomic E-state index is 12.9. The number of piperazine rings is 1. The first-order chi connectivity index (χ1) is 9.71. The zero-order valence-corrected chi connectivity index (χ0v) is 13.3. The van der Waals surface area contributed by atoms with Gasteiger partial charge in [-0.25, -0.2) is 0 Å². The molecule has 2 amide bonds. The molecule has 2 N–H and O–H groups in total. The molecule has 2 rings (SSSR count). The molecule has 1 aliphatic rings. The molecule has 7 nitrogen and oxygen atoms in total. The van der Waals surface area contributed by atoms with E-state index in [2.05, 4.69) is 5.10 Å². The Kier molecular flexibility index (Phi) is 3.69. The fraction of sp³-hybridized carbons (Fsp3) is 0.643. The van der Waals surface area contributed by atoms with Gasteiger partial charge in [-0.15, -0.1) is 0 Å². The van der Waals surface area contributed by atoms with Crippen molar-refractivity contribution >= 4 is 17.5 Å². The van der Waals surface area contributed by atoms with Gasteiger partial charge in [-0.3, -0.25) is 14.3 Å². The number of anilines is 1. The molecule has 1 saturated heterocycles. The van der Waals surface area contributed by atoms with Gasteiger partial charge in [0, 0.05) is 27.2 Å². The number of nitrogens with zero attached hydrogens (tertiary/aromatic N) is 4. The zero-order chi connectivity index (χ0) is 15.9. The van der Waals surface area contributed by atoms with Gasteiger partial charge in [0.2, 0.25) is 5.91 Å². The number of likely N-dealkylation sites (N-methyl/N-ethyl adjacent to an activating group) is 1. The van der Waals surface area contributed by atoms with Crippen molar-refractivity contribution in [1.82, 2.24) is 19.6 Å². The molecule has 0 unspecified atom stereocenters. The Morgan fingerprint density at radius 2 is 1.95 bits per heavy atom. The van der Waals surface area contributed by atoms with Gasteiger partial charge >= 0.3 is 0 Å². The first-order valence-electron chi connectivity index (χ1n) is 7.10. The average Bonchev–Trinajstić information content (AvgIpc) is 2.70. The molecule has 1 aliphatic heterocycles. The predicted molar refractivity (Wildman–Crippen MR) is 79.8 cm³/mol. The Morgan fingerprint density at radius 1 is 1.33 bits per heavy atom. The summed E-state index contributed by atoms with van der Waals surface area (Å²) in [5.41, 5.74) is 6.64. The predicted octanol–water partition coefficient (Wildman–Crippen LogP) is 0.258. The summed E-state index contributed by atoms with van der Waals surface area (Å²) in [4.78, 5) is 28.4. The minimum absolute atomic E-state index is 0.0708. The lowest BCUT2D eigenvalue weighted by molar-refractivity contribution is -0.144. The van der Waals surface area contributed by atoms with Crippen molar-refractivity contribution < 1.29 is 9.59 Å². The molecular weight excluding hydrogens is 270 g/mol. The number of amides is 2. The molecule has 7 heteroatoms. The quantitative estimate of drug-likeness (QED) is 0.847. The summed E-state index contributed by atoms with van der Waals surface area (Å²) in [6.45, 7) is 6.47. The van der Waals surface area contributed by atoms with Crippen LogP contribution in [0.1, 0.15) is 37.0 Å². The second kappa shape index (κ2) is 5.05. The third kappa shape index (κ3) is 2.26. The Hall–Kier alpha value is -2.05. The standard InChI is InChI=1S/C14H23N5O2/c1-6-9-10(15)11(18(5)16-9)12(20)19-8-7-17(4)13(21)14(19,2)3/h6-8,15H2,1-5H3. The van der Waals surface area contributed by atoms with Crippen molar-refractivity contribution in [3.8, 4) is 0 Å². The van der Waals surface area contributed by atoms with Gasteiger partial charge in [0.25, 0.3) is 5.91 Å². The summed E-state index contributed by atoms with van der Waals surface area (Å²) in [6.07, 6.45) is 0.665. The Bertz CT molecular complexity index is 590. The maximum Gasteiger partial charge on any atom is 0.275 e. The van der Waals surface area contributed by atoms with E-state index >= 15 is 0 Å². The SMILES string of the molecule is CCc1nn(C)c(C(=O)N2CCN(C)C(=O)C2(C)C)c1N. The van der Waals surface area contributed by atoms with Gasteiger partial charge in [0.15, 0.2) is 0 Å². The van der Waals surface area contributed by atoms with Crippen LogP contribution in [0.4, 0.5) is 5.69 Å². The summed E-state index contributed by atoms with van der Waals surface area (Å²) in [6, 6.07) is 0. The molecule has 0 bridgehead atoms. The van der Waals surface area contributed by atoms with Crippen LogP contribution in [-0.2, 0) is 18.3 Å². The van der Waals surface area contributed by atoms with E-state index in [-0.39, 0.29) is 11.8 Å². The highest BCUT2D eigenvalue weighted by Crippen LogP contribution is 2.26. The Balaban J connectivity index is 2.41. The molecule has 1 aromatic rings. The summed E-state index contributed by atoms with van der Waals surface area (Å²) < 4.78 is 1.51. The second-order valence-electron chi connectivity index (χ2n) is 5.93. The highest BCUT2D eigenvalue weighted by molar-refractivity contribution is 6.02. The number of nitrogens with two attached hydrogens (primary N) is 1. The number of hydrogen-bond acceptors (Lipinski definition) is 4. The van der Waals surface area contributed by atoms with Crippen LogP contribution in [0.3, 0.4) is 0 Å². The van der Waals surface area contributed by atoms with Gasteiger partial charge < -0.3 is 15.5 Å². The third-order valence-corrected chi connectivity index (χ3v) is 4.15. The van der Waals surface area contributed by atoms with Crippen LogP contribution in [0.25, 0.3) is 0 Å². The minimum atomic E-state index is -0.882. The topological polar surface area (TPSA) is 84.5 Å². The molecule has 2 heterocycles. The van der Waals surface area contributed by atoms with Gasteiger partial charge in [-0.1, -0.05) is 6.92 Å². The first kappa shape index (κ1) is 15.3. The fourth-order valence-corrected chi connectivity index (χ4v) is 2.81. The molecular formula is C14H23N5O2. The van der Waals surface area contributed by atoms with E-state index in [1.807, 2.05) is 6.92 Å². The lowest BCUT2D eigenvalue weighted by atomic mass is 9.97. The van der Waals surface area contributed by atoms with Crippen molar-refractivity contribution in [2.75, 3.05) is 25.9 Å². The van der Waals surface area contributed by atoms with Crippen LogP contribution >= 0.6 is 0 Å². The number of aryl methyl sites for hydroxylation is 2. The zero-order valence-electron chi connectivity index (χ0n) is 13.3. The minimum Gasteiger partial charge on any atom is -0.395 e. The van der Waals surface area contributed by atoms with E-state index in [1.54, 1.807) is 37.7 Å². The van der Waals surface area contributed by atoms with Crippen LogP contribution in [0, 0.1) is 0 Å². The number of carbonyl (C=O) groups is 2. The molecule has 1 fully saturated rings.